The number of benzene rings is 1. The van der Waals surface area contributed by atoms with Crippen LogP contribution >= 0.6 is 15.9 Å². The summed E-state index contributed by atoms with van der Waals surface area (Å²) in [5.74, 6) is 0.176. The first-order valence-electron chi connectivity index (χ1n) is 4.41. The number of hydrogen-bond acceptors (Lipinski definition) is 3. The standard InChI is InChI=1S/C10H5BrF3NO2/c11-9-15-5-8(16-9)6-1-3-7(4-2-6)17-10(12,13)14/h1-5H. The Hall–Kier alpha value is -1.50. The van der Waals surface area contributed by atoms with E-state index in [1.807, 2.05) is 0 Å². The summed E-state index contributed by atoms with van der Waals surface area (Å²) >= 11 is 3.03. The first-order chi connectivity index (χ1) is 7.94. The third-order valence-electron chi connectivity index (χ3n) is 1.85. The fourth-order valence-electron chi connectivity index (χ4n) is 1.21. The second-order valence-electron chi connectivity index (χ2n) is 3.05. The zero-order valence-corrected chi connectivity index (χ0v) is 9.75. The normalized spacial score (nSPS) is 11.5. The Morgan fingerprint density at radius 2 is 1.82 bits per heavy atom. The van der Waals surface area contributed by atoms with Gasteiger partial charge in [0.2, 0.25) is 0 Å². The minimum Gasteiger partial charge on any atom is -0.431 e. The van der Waals surface area contributed by atoms with Gasteiger partial charge >= 0.3 is 6.36 Å². The molecule has 3 nitrogen and oxygen atoms in total. The van der Waals surface area contributed by atoms with Crippen molar-refractivity contribution in [3.63, 3.8) is 0 Å². The second-order valence-corrected chi connectivity index (χ2v) is 3.73. The van der Waals surface area contributed by atoms with Crippen LogP contribution in [0.2, 0.25) is 0 Å². The molecule has 0 fully saturated rings. The third-order valence-corrected chi connectivity index (χ3v) is 2.22. The number of alkyl halides is 3. The van der Waals surface area contributed by atoms with Crippen LogP contribution in [0.1, 0.15) is 0 Å². The number of rotatable bonds is 2. The fourth-order valence-corrected chi connectivity index (χ4v) is 1.48. The number of nitrogens with zero attached hydrogens (tertiary/aromatic N) is 1. The van der Waals surface area contributed by atoms with Gasteiger partial charge in [0.1, 0.15) is 5.75 Å². The fraction of sp³-hybridized carbons (Fsp3) is 0.100. The van der Waals surface area contributed by atoms with Gasteiger partial charge in [0.15, 0.2) is 5.76 Å². The van der Waals surface area contributed by atoms with Crippen LogP contribution in [0.25, 0.3) is 11.3 Å². The summed E-state index contributed by atoms with van der Waals surface area (Å²) < 4.78 is 44.6. The molecule has 0 amide bonds. The zero-order valence-electron chi connectivity index (χ0n) is 8.16. The zero-order chi connectivity index (χ0) is 12.5. The largest absolute Gasteiger partial charge is 0.573 e. The molecule has 1 aromatic heterocycles. The van der Waals surface area contributed by atoms with Crippen LogP contribution in [0.4, 0.5) is 13.2 Å². The van der Waals surface area contributed by atoms with E-state index in [-0.39, 0.29) is 5.75 Å². The van der Waals surface area contributed by atoms with Crippen LogP contribution < -0.4 is 4.74 Å². The first-order valence-corrected chi connectivity index (χ1v) is 5.21. The Balaban J connectivity index is 2.19. The molecule has 7 heteroatoms. The van der Waals surface area contributed by atoms with Crippen LogP contribution in [0.5, 0.6) is 5.75 Å². The molecule has 2 aromatic rings. The minimum absolute atomic E-state index is 0.278. The Morgan fingerprint density at radius 1 is 1.18 bits per heavy atom. The molecule has 1 aromatic carbocycles. The Morgan fingerprint density at radius 3 is 2.29 bits per heavy atom. The summed E-state index contributed by atoms with van der Waals surface area (Å²) in [5.41, 5.74) is 0.609. The highest BCUT2D eigenvalue weighted by atomic mass is 79.9. The van der Waals surface area contributed by atoms with E-state index in [0.29, 0.717) is 16.1 Å². The topological polar surface area (TPSA) is 35.3 Å². The average Bonchev–Trinajstić information content (AvgIpc) is 2.63. The summed E-state index contributed by atoms with van der Waals surface area (Å²) in [6.07, 6.45) is -3.22. The highest BCUT2D eigenvalue weighted by Gasteiger charge is 2.30. The maximum Gasteiger partial charge on any atom is 0.573 e. The summed E-state index contributed by atoms with van der Waals surface area (Å²) in [6, 6.07) is 5.32. The van der Waals surface area contributed by atoms with E-state index in [2.05, 4.69) is 25.7 Å². The van der Waals surface area contributed by atoms with Gasteiger partial charge in [-0.3, -0.25) is 0 Å². The van der Waals surface area contributed by atoms with Crippen LogP contribution in [0, 0.1) is 0 Å². The summed E-state index contributed by atoms with van der Waals surface area (Å²) in [6.45, 7) is 0. The van der Waals surface area contributed by atoms with E-state index in [9.17, 15) is 13.2 Å². The van der Waals surface area contributed by atoms with Crippen molar-refractivity contribution in [2.75, 3.05) is 0 Å². The molecule has 0 N–H and O–H groups in total. The highest BCUT2D eigenvalue weighted by Crippen LogP contribution is 2.27. The molecule has 0 aliphatic rings. The second kappa shape index (κ2) is 4.40. The molecule has 0 bridgehead atoms. The smallest absolute Gasteiger partial charge is 0.431 e. The van der Waals surface area contributed by atoms with Gasteiger partial charge in [-0.1, -0.05) is 0 Å². The predicted octanol–water partition coefficient (Wildman–Crippen LogP) is 4.00. The molecule has 0 atom stereocenters. The average molecular weight is 308 g/mol. The van der Waals surface area contributed by atoms with E-state index in [4.69, 9.17) is 4.42 Å². The van der Waals surface area contributed by atoms with Crippen molar-refractivity contribution in [1.29, 1.82) is 0 Å². The maximum absolute atomic E-state index is 11.9. The van der Waals surface area contributed by atoms with Crippen molar-refractivity contribution >= 4 is 15.9 Å². The molecule has 2 rings (SSSR count). The van der Waals surface area contributed by atoms with Crippen LogP contribution in [-0.2, 0) is 0 Å². The Kier molecular flexibility index (Phi) is 3.10. The van der Waals surface area contributed by atoms with Gasteiger partial charge in [-0.25, -0.2) is 4.98 Å². The molecule has 0 aliphatic heterocycles. The quantitative estimate of drug-likeness (QED) is 0.841. The van der Waals surface area contributed by atoms with Gasteiger partial charge in [-0.15, -0.1) is 13.2 Å². The van der Waals surface area contributed by atoms with E-state index < -0.39 is 6.36 Å². The molecule has 0 aliphatic carbocycles. The maximum atomic E-state index is 11.9. The molecular formula is C10H5BrF3NO2. The minimum atomic E-state index is -4.68. The number of halogens is 4. The van der Waals surface area contributed by atoms with Gasteiger partial charge in [0.05, 0.1) is 6.20 Å². The Labute approximate surface area is 102 Å². The highest BCUT2D eigenvalue weighted by molar-refractivity contribution is 9.10. The lowest BCUT2D eigenvalue weighted by Crippen LogP contribution is -2.16. The molecule has 0 spiro atoms. The van der Waals surface area contributed by atoms with Crippen LogP contribution in [-0.4, -0.2) is 11.3 Å². The van der Waals surface area contributed by atoms with Gasteiger partial charge in [0, 0.05) is 21.5 Å². The molecule has 0 saturated carbocycles. The van der Waals surface area contributed by atoms with E-state index in [0.717, 1.165) is 0 Å². The van der Waals surface area contributed by atoms with Crippen molar-refractivity contribution in [2.24, 2.45) is 0 Å². The van der Waals surface area contributed by atoms with Gasteiger partial charge in [-0.05, 0) is 24.3 Å². The van der Waals surface area contributed by atoms with E-state index in [1.54, 1.807) is 0 Å². The van der Waals surface area contributed by atoms with Crippen LogP contribution in [0.15, 0.2) is 39.7 Å². The van der Waals surface area contributed by atoms with Crippen molar-refractivity contribution in [1.82, 2.24) is 4.98 Å². The van der Waals surface area contributed by atoms with Crippen molar-refractivity contribution in [3.8, 4) is 17.1 Å². The molecular weight excluding hydrogens is 303 g/mol. The molecule has 17 heavy (non-hydrogen) atoms. The van der Waals surface area contributed by atoms with E-state index in [1.165, 1.54) is 30.5 Å². The monoisotopic (exact) mass is 307 g/mol. The lowest BCUT2D eigenvalue weighted by Gasteiger charge is -2.08. The van der Waals surface area contributed by atoms with E-state index >= 15 is 0 Å². The van der Waals surface area contributed by atoms with Crippen molar-refractivity contribution in [3.05, 3.63) is 35.3 Å². The molecule has 0 saturated heterocycles. The molecule has 0 unspecified atom stereocenters. The number of aromatic nitrogens is 1. The summed E-state index contributed by atoms with van der Waals surface area (Å²) in [5, 5.41) is 0. The van der Waals surface area contributed by atoms with Crippen molar-refractivity contribution in [2.45, 2.75) is 6.36 Å². The van der Waals surface area contributed by atoms with Gasteiger partial charge < -0.3 is 9.15 Å². The molecule has 90 valence electrons. The Bertz CT molecular complexity index is 507. The lowest BCUT2D eigenvalue weighted by molar-refractivity contribution is -0.274. The molecule has 1 heterocycles. The number of hydrogen-bond donors (Lipinski definition) is 0. The third kappa shape index (κ3) is 3.23. The summed E-state index contributed by atoms with van der Waals surface area (Å²) in [7, 11) is 0. The van der Waals surface area contributed by atoms with Crippen molar-refractivity contribution < 1.29 is 22.3 Å². The predicted molar refractivity (Wildman–Crippen MR) is 56.3 cm³/mol. The van der Waals surface area contributed by atoms with Gasteiger partial charge in [-0.2, -0.15) is 0 Å². The van der Waals surface area contributed by atoms with Crippen LogP contribution in [0.3, 0.4) is 0 Å². The number of ether oxygens (including phenoxy) is 1. The SMILES string of the molecule is FC(F)(F)Oc1ccc(-c2cnc(Br)o2)cc1. The number of oxazole rings is 1. The summed E-state index contributed by atoms with van der Waals surface area (Å²) in [4.78, 5) is 4.12. The molecule has 0 radical (unpaired) electrons. The lowest BCUT2D eigenvalue weighted by atomic mass is 10.2. The first kappa shape index (κ1) is 12.0. The van der Waals surface area contributed by atoms with Gasteiger partial charge in [0.25, 0.3) is 4.80 Å².